The lowest BCUT2D eigenvalue weighted by molar-refractivity contribution is 0.555. The Kier molecular flexibility index (Phi) is 4.26. The Morgan fingerprint density at radius 1 is 1.41 bits per heavy atom. The predicted molar refractivity (Wildman–Crippen MR) is 66.2 cm³/mol. The third-order valence-corrected chi connectivity index (χ3v) is 5.02. The van der Waals surface area contributed by atoms with Crippen LogP contribution in [0.3, 0.4) is 0 Å². The molecule has 0 saturated heterocycles. The first-order valence-corrected chi connectivity index (χ1v) is 7.15. The van der Waals surface area contributed by atoms with Gasteiger partial charge in [-0.15, -0.1) is 0 Å². The van der Waals surface area contributed by atoms with Crippen molar-refractivity contribution in [2.45, 2.75) is 32.1 Å². The molecule has 0 radical (unpaired) electrons. The van der Waals surface area contributed by atoms with Gasteiger partial charge >= 0.3 is 0 Å². The van der Waals surface area contributed by atoms with Crippen molar-refractivity contribution in [2.24, 2.45) is 7.05 Å². The van der Waals surface area contributed by atoms with Crippen molar-refractivity contribution in [1.82, 2.24) is 20.1 Å². The molecule has 0 amide bonds. The maximum absolute atomic E-state index is 11.8. The van der Waals surface area contributed by atoms with Gasteiger partial charge in [-0.1, -0.05) is 0 Å². The number of hydrogen-bond donors (Lipinski definition) is 1. The topological polar surface area (TPSA) is 76.9 Å². The smallest absolute Gasteiger partial charge is 0.164 e. The summed E-state index contributed by atoms with van der Waals surface area (Å²) in [7, 11) is -1.26. The van der Waals surface area contributed by atoms with E-state index < -0.39 is 14.6 Å². The zero-order valence-corrected chi connectivity index (χ0v) is 11.6. The molecule has 0 bridgehead atoms. The molecule has 0 spiro atoms. The first kappa shape index (κ1) is 14.1. The Labute approximate surface area is 102 Å². The molecular weight excluding hydrogens is 240 g/mol. The quantitative estimate of drug-likeness (QED) is 0.761. The second-order valence-corrected chi connectivity index (χ2v) is 7.80. The van der Waals surface area contributed by atoms with Gasteiger partial charge in [0.2, 0.25) is 0 Å². The minimum absolute atomic E-state index is 0.128. The van der Waals surface area contributed by atoms with Gasteiger partial charge in [0.1, 0.15) is 6.33 Å². The first-order chi connectivity index (χ1) is 7.72. The third-order valence-electron chi connectivity index (χ3n) is 2.41. The normalized spacial score (nSPS) is 12.9. The van der Waals surface area contributed by atoms with Crippen LogP contribution in [0, 0.1) is 0 Å². The summed E-state index contributed by atoms with van der Waals surface area (Å²) in [6.45, 7) is 6.03. The highest BCUT2D eigenvalue weighted by Crippen LogP contribution is 2.15. The van der Waals surface area contributed by atoms with Gasteiger partial charge in [0.15, 0.2) is 15.7 Å². The number of nitrogens with zero attached hydrogens (tertiary/aromatic N) is 3. The molecule has 1 heterocycles. The van der Waals surface area contributed by atoms with E-state index >= 15 is 0 Å². The third kappa shape index (κ3) is 4.08. The van der Waals surface area contributed by atoms with Crippen LogP contribution in [-0.2, 0) is 23.4 Å². The Bertz CT molecular complexity index is 459. The fourth-order valence-corrected chi connectivity index (χ4v) is 2.20. The van der Waals surface area contributed by atoms with E-state index in [9.17, 15) is 8.42 Å². The first-order valence-electron chi connectivity index (χ1n) is 5.50. The zero-order chi connectivity index (χ0) is 13.1. The molecule has 0 aliphatic carbocycles. The zero-order valence-electron chi connectivity index (χ0n) is 10.8. The van der Waals surface area contributed by atoms with Crippen molar-refractivity contribution < 1.29 is 8.42 Å². The molecular formula is C10H20N4O2S. The molecule has 1 rings (SSSR count). The van der Waals surface area contributed by atoms with E-state index in [0.717, 1.165) is 0 Å². The largest absolute Gasteiger partial charge is 0.309 e. The number of nitrogens with one attached hydrogen (secondary N) is 1. The van der Waals surface area contributed by atoms with E-state index in [1.54, 1.807) is 38.8 Å². The molecule has 0 unspecified atom stereocenters. The molecule has 0 aromatic carbocycles. The minimum Gasteiger partial charge on any atom is -0.309 e. The van der Waals surface area contributed by atoms with Crippen LogP contribution in [0.15, 0.2) is 6.33 Å². The summed E-state index contributed by atoms with van der Waals surface area (Å²) in [5, 5.41) is 7.11. The summed E-state index contributed by atoms with van der Waals surface area (Å²) < 4.78 is 24.5. The van der Waals surface area contributed by atoms with Crippen LogP contribution >= 0.6 is 0 Å². The molecule has 0 atom stereocenters. The van der Waals surface area contributed by atoms with Gasteiger partial charge in [-0.05, 0) is 20.8 Å². The second-order valence-electron chi connectivity index (χ2n) is 4.94. The molecule has 0 fully saturated rings. The lowest BCUT2D eigenvalue weighted by Crippen LogP contribution is -2.34. The standard InChI is InChI=1S/C10H20N4O2S/c1-10(2,3)17(15,16)6-5-11-7-9-12-8-14(4)13-9/h8,11H,5-7H2,1-4H3. The van der Waals surface area contributed by atoms with Crippen LogP contribution in [-0.4, -0.2) is 40.2 Å². The average molecular weight is 260 g/mol. The highest BCUT2D eigenvalue weighted by atomic mass is 32.2. The Morgan fingerprint density at radius 3 is 2.53 bits per heavy atom. The Hall–Kier alpha value is -0.950. The number of sulfone groups is 1. The number of aromatic nitrogens is 3. The van der Waals surface area contributed by atoms with Crippen molar-refractivity contribution in [2.75, 3.05) is 12.3 Å². The Morgan fingerprint density at radius 2 is 2.06 bits per heavy atom. The van der Waals surface area contributed by atoms with Gasteiger partial charge in [-0.25, -0.2) is 13.4 Å². The summed E-state index contributed by atoms with van der Waals surface area (Å²) in [6.07, 6.45) is 1.61. The highest BCUT2D eigenvalue weighted by Gasteiger charge is 2.27. The van der Waals surface area contributed by atoms with Crippen molar-refractivity contribution in [3.63, 3.8) is 0 Å². The van der Waals surface area contributed by atoms with E-state index in [0.29, 0.717) is 18.9 Å². The van der Waals surface area contributed by atoms with E-state index in [2.05, 4.69) is 15.4 Å². The van der Waals surface area contributed by atoms with E-state index in [1.807, 2.05) is 0 Å². The highest BCUT2D eigenvalue weighted by molar-refractivity contribution is 7.92. The van der Waals surface area contributed by atoms with Gasteiger partial charge in [0.05, 0.1) is 17.0 Å². The molecule has 0 saturated carbocycles. The predicted octanol–water partition coefficient (Wildman–Crippen LogP) is 0.118. The molecule has 1 aromatic rings. The molecule has 6 nitrogen and oxygen atoms in total. The Balaban J connectivity index is 2.34. The average Bonchev–Trinajstić information content (AvgIpc) is 2.57. The number of hydrogen-bond acceptors (Lipinski definition) is 5. The SMILES string of the molecule is Cn1cnc(CNCCS(=O)(=O)C(C)(C)C)n1. The summed E-state index contributed by atoms with van der Waals surface area (Å²) in [4.78, 5) is 4.04. The lowest BCUT2D eigenvalue weighted by Gasteiger charge is -2.18. The summed E-state index contributed by atoms with van der Waals surface area (Å²) in [5.41, 5.74) is 0. The van der Waals surface area contributed by atoms with Crippen LogP contribution in [0.1, 0.15) is 26.6 Å². The monoisotopic (exact) mass is 260 g/mol. The molecule has 1 aromatic heterocycles. The maximum Gasteiger partial charge on any atom is 0.164 e. The van der Waals surface area contributed by atoms with Crippen molar-refractivity contribution in [3.05, 3.63) is 12.2 Å². The number of aryl methyl sites for hydroxylation is 1. The van der Waals surface area contributed by atoms with Gasteiger partial charge in [-0.2, -0.15) is 5.10 Å². The lowest BCUT2D eigenvalue weighted by atomic mass is 10.3. The molecule has 1 N–H and O–H groups in total. The van der Waals surface area contributed by atoms with Crippen molar-refractivity contribution >= 4 is 9.84 Å². The summed E-state index contributed by atoms with van der Waals surface area (Å²) in [6, 6.07) is 0. The maximum atomic E-state index is 11.8. The van der Waals surface area contributed by atoms with Gasteiger partial charge < -0.3 is 5.32 Å². The fraction of sp³-hybridized carbons (Fsp3) is 0.800. The van der Waals surface area contributed by atoms with E-state index in [1.165, 1.54) is 0 Å². The van der Waals surface area contributed by atoms with E-state index in [4.69, 9.17) is 0 Å². The molecule has 17 heavy (non-hydrogen) atoms. The fourth-order valence-electron chi connectivity index (χ4n) is 1.18. The van der Waals surface area contributed by atoms with Crippen LogP contribution in [0.4, 0.5) is 0 Å². The van der Waals surface area contributed by atoms with Crippen LogP contribution in [0.25, 0.3) is 0 Å². The summed E-state index contributed by atoms with van der Waals surface area (Å²) >= 11 is 0. The molecule has 98 valence electrons. The van der Waals surface area contributed by atoms with Crippen molar-refractivity contribution in [1.29, 1.82) is 0 Å². The summed E-state index contributed by atoms with van der Waals surface area (Å²) in [5.74, 6) is 0.796. The molecule has 7 heteroatoms. The van der Waals surface area contributed by atoms with Crippen LogP contribution < -0.4 is 5.32 Å². The van der Waals surface area contributed by atoms with Crippen LogP contribution in [0.5, 0.6) is 0 Å². The molecule has 0 aliphatic heterocycles. The van der Waals surface area contributed by atoms with E-state index in [-0.39, 0.29) is 5.75 Å². The van der Waals surface area contributed by atoms with Crippen LogP contribution in [0.2, 0.25) is 0 Å². The van der Waals surface area contributed by atoms with Gasteiger partial charge in [-0.3, -0.25) is 4.68 Å². The van der Waals surface area contributed by atoms with Gasteiger partial charge in [0.25, 0.3) is 0 Å². The second kappa shape index (κ2) is 5.14. The molecule has 0 aliphatic rings. The number of rotatable bonds is 5. The van der Waals surface area contributed by atoms with Crippen molar-refractivity contribution in [3.8, 4) is 0 Å². The minimum atomic E-state index is -3.06. The van der Waals surface area contributed by atoms with Gasteiger partial charge in [0, 0.05) is 13.6 Å².